The molecule has 0 saturated heterocycles. The Kier molecular flexibility index (Phi) is 8.87. The van der Waals surface area contributed by atoms with Crippen LogP contribution >= 0.6 is 23.2 Å². The fraction of sp³-hybridized carbons (Fsp3) is 0.600. The standard InChI is InChI=1S/C20H28Cl2N2O3/c1-14-7-3-6-10-17(14)23-20(26)19(15-8-4-5-9-16(15)22)24(11-12-27-2)18(25)13-21/h4-5,8-9,14,17,19H,3,6-7,10-13H2,1-2H3,(H,23,26)/t14-,17+,19+/m1/s1. The van der Waals surface area contributed by atoms with E-state index in [2.05, 4.69) is 12.2 Å². The van der Waals surface area contributed by atoms with Crippen LogP contribution in [0, 0.1) is 5.92 Å². The van der Waals surface area contributed by atoms with Crippen LogP contribution in [-0.2, 0) is 14.3 Å². The molecule has 3 atom stereocenters. The molecule has 150 valence electrons. The van der Waals surface area contributed by atoms with E-state index in [9.17, 15) is 9.59 Å². The molecule has 1 N–H and O–H groups in total. The van der Waals surface area contributed by atoms with Gasteiger partial charge in [-0.25, -0.2) is 0 Å². The molecule has 1 aromatic rings. The van der Waals surface area contributed by atoms with Gasteiger partial charge in [0, 0.05) is 30.3 Å². The van der Waals surface area contributed by atoms with Crippen molar-refractivity contribution in [2.75, 3.05) is 26.1 Å². The van der Waals surface area contributed by atoms with Crippen LogP contribution in [0.4, 0.5) is 0 Å². The zero-order valence-electron chi connectivity index (χ0n) is 15.9. The highest BCUT2D eigenvalue weighted by Gasteiger charge is 2.34. The lowest BCUT2D eigenvalue weighted by Crippen LogP contribution is -2.50. The van der Waals surface area contributed by atoms with Crippen molar-refractivity contribution in [2.24, 2.45) is 5.92 Å². The summed E-state index contributed by atoms with van der Waals surface area (Å²) < 4.78 is 5.13. The van der Waals surface area contributed by atoms with Crippen LogP contribution in [0.2, 0.25) is 5.02 Å². The first-order chi connectivity index (χ1) is 13.0. The van der Waals surface area contributed by atoms with Crippen LogP contribution in [0.15, 0.2) is 24.3 Å². The number of carbonyl (C=O) groups excluding carboxylic acids is 2. The minimum absolute atomic E-state index is 0.103. The van der Waals surface area contributed by atoms with Crippen molar-refractivity contribution < 1.29 is 14.3 Å². The highest BCUT2D eigenvalue weighted by Crippen LogP contribution is 2.30. The molecule has 1 saturated carbocycles. The Hall–Kier alpha value is -1.30. The number of alkyl halides is 1. The molecule has 1 fully saturated rings. The Morgan fingerprint density at radius 1 is 1.30 bits per heavy atom. The van der Waals surface area contributed by atoms with E-state index in [1.807, 2.05) is 6.07 Å². The summed E-state index contributed by atoms with van der Waals surface area (Å²) in [6.07, 6.45) is 4.33. The first-order valence-electron chi connectivity index (χ1n) is 9.38. The maximum Gasteiger partial charge on any atom is 0.247 e. The molecule has 0 spiro atoms. The summed E-state index contributed by atoms with van der Waals surface area (Å²) in [7, 11) is 1.55. The number of methoxy groups -OCH3 is 1. The second kappa shape index (κ2) is 10.9. The van der Waals surface area contributed by atoms with Crippen molar-refractivity contribution in [3.63, 3.8) is 0 Å². The molecule has 1 aliphatic carbocycles. The molecule has 2 rings (SSSR count). The van der Waals surface area contributed by atoms with Crippen LogP contribution in [-0.4, -0.2) is 48.9 Å². The van der Waals surface area contributed by atoms with E-state index in [0.717, 1.165) is 19.3 Å². The van der Waals surface area contributed by atoms with Gasteiger partial charge in [0.05, 0.1) is 6.61 Å². The van der Waals surface area contributed by atoms with Crippen molar-refractivity contribution in [3.8, 4) is 0 Å². The summed E-state index contributed by atoms with van der Waals surface area (Å²) in [6, 6.07) is 6.37. The molecule has 7 heteroatoms. The minimum atomic E-state index is -0.839. The number of nitrogens with zero attached hydrogens (tertiary/aromatic N) is 1. The minimum Gasteiger partial charge on any atom is -0.383 e. The maximum atomic E-state index is 13.3. The fourth-order valence-electron chi connectivity index (χ4n) is 3.60. The zero-order chi connectivity index (χ0) is 19.8. The van der Waals surface area contributed by atoms with Gasteiger partial charge in [0.25, 0.3) is 0 Å². The topological polar surface area (TPSA) is 58.6 Å². The molecule has 27 heavy (non-hydrogen) atoms. The second-order valence-electron chi connectivity index (χ2n) is 7.01. The Balaban J connectivity index is 2.34. The van der Waals surface area contributed by atoms with Crippen LogP contribution in [0.25, 0.3) is 0 Å². The molecule has 1 aliphatic rings. The van der Waals surface area contributed by atoms with Gasteiger partial charge in [0.2, 0.25) is 11.8 Å². The summed E-state index contributed by atoms with van der Waals surface area (Å²) >= 11 is 12.2. The second-order valence-corrected chi connectivity index (χ2v) is 7.69. The molecule has 0 aliphatic heterocycles. The van der Waals surface area contributed by atoms with Crippen molar-refractivity contribution in [2.45, 2.75) is 44.7 Å². The summed E-state index contributed by atoms with van der Waals surface area (Å²) in [6.45, 7) is 2.71. The Morgan fingerprint density at radius 2 is 2.00 bits per heavy atom. The van der Waals surface area contributed by atoms with Gasteiger partial charge in [-0.05, 0) is 24.8 Å². The lowest BCUT2D eigenvalue weighted by molar-refractivity contribution is -0.140. The normalized spacial score (nSPS) is 20.7. The molecule has 2 amide bonds. The van der Waals surface area contributed by atoms with E-state index >= 15 is 0 Å². The van der Waals surface area contributed by atoms with Gasteiger partial charge in [0.15, 0.2) is 0 Å². The lowest BCUT2D eigenvalue weighted by atomic mass is 9.85. The van der Waals surface area contributed by atoms with Gasteiger partial charge >= 0.3 is 0 Å². The van der Waals surface area contributed by atoms with Gasteiger partial charge < -0.3 is 15.0 Å². The summed E-state index contributed by atoms with van der Waals surface area (Å²) in [5.74, 6) is -0.356. The first-order valence-corrected chi connectivity index (χ1v) is 10.3. The Labute approximate surface area is 171 Å². The van der Waals surface area contributed by atoms with Crippen molar-refractivity contribution in [1.82, 2.24) is 10.2 Å². The van der Waals surface area contributed by atoms with Gasteiger partial charge in [0.1, 0.15) is 11.9 Å². The van der Waals surface area contributed by atoms with E-state index < -0.39 is 6.04 Å². The van der Waals surface area contributed by atoms with Crippen molar-refractivity contribution in [3.05, 3.63) is 34.9 Å². The van der Waals surface area contributed by atoms with Gasteiger partial charge in [-0.2, -0.15) is 0 Å². The SMILES string of the molecule is COCCN(C(=O)CCl)[C@H](C(=O)N[C@H]1CCCC[C@H]1C)c1ccccc1Cl. The van der Waals surface area contributed by atoms with E-state index in [1.54, 1.807) is 25.3 Å². The molecule has 5 nitrogen and oxygen atoms in total. The maximum absolute atomic E-state index is 13.3. The quantitative estimate of drug-likeness (QED) is 0.658. The Morgan fingerprint density at radius 3 is 2.63 bits per heavy atom. The van der Waals surface area contributed by atoms with Gasteiger partial charge in [-0.15, -0.1) is 11.6 Å². The highest BCUT2D eigenvalue weighted by molar-refractivity contribution is 6.31. The average molecular weight is 415 g/mol. The molecular formula is C20H28Cl2N2O3. The first kappa shape index (κ1) is 22.0. The number of carbonyl (C=O) groups is 2. The van der Waals surface area contributed by atoms with Crippen LogP contribution < -0.4 is 5.32 Å². The summed E-state index contributed by atoms with van der Waals surface area (Å²) in [5, 5.41) is 3.60. The third-order valence-corrected chi connectivity index (χ3v) is 5.74. The summed E-state index contributed by atoms with van der Waals surface area (Å²) in [5.41, 5.74) is 0.592. The molecular weight excluding hydrogens is 387 g/mol. The van der Waals surface area contributed by atoms with E-state index in [-0.39, 0.29) is 30.3 Å². The fourth-order valence-corrected chi connectivity index (χ4v) is 4.00. The number of benzene rings is 1. The molecule has 0 bridgehead atoms. The number of hydrogen-bond acceptors (Lipinski definition) is 3. The lowest BCUT2D eigenvalue weighted by Gasteiger charge is -2.35. The van der Waals surface area contributed by atoms with E-state index in [1.165, 1.54) is 11.3 Å². The number of ether oxygens (including phenoxy) is 1. The predicted octanol–water partition coefficient (Wildman–Crippen LogP) is 3.79. The van der Waals surface area contributed by atoms with Gasteiger partial charge in [-0.1, -0.05) is 49.6 Å². The smallest absolute Gasteiger partial charge is 0.247 e. The molecule has 0 heterocycles. The average Bonchev–Trinajstić information content (AvgIpc) is 2.67. The number of halogens is 2. The molecule has 0 radical (unpaired) electrons. The van der Waals surface area contributed by atoms with Crippen molar-refractivity contribution >= 4 is 35.0 Å². The molecule has 0 unspecified atom stereocenters. The number of nitrogens with one attached hydrogen (secondary N) is 1. The van der Waals surface area contributed by atoms with Crippen LogP contribution in [0.3, 0.4) is 0 Å². The van der Waals surface area contributed by atoms with Crippen LogP contribution in [0.1, 0.15) is 44.2 Å². The largest absolute Gasteiger partial charge is 0.383 e. The number of hydrogen-bond donors (Lipinski definition) is 1. The third-order valence-electron chi connectivity index (χ3n) is 5.17. The third kappa shape index (κ3) is 5.84. The molecule has 1 aromatic carbocycles. The highest BCUT2D eigenvalue weighted by atomic mass is 35.5. The van der Waals surface area contributed by atoms with Crippen molar-refractivity contribution in [1.29, 1.82) is 0 Å². The van der Waals surface area contributed by atoms with Crippen LogP contribution in [0.5, 0.6) is 0 Å². The molecule has 0 aromatic heterocycles. The zero-order valence-corrected chi connectivity index (χ0v) is 17.4. The van der Waals surface area contributed by atoms with Gasteiger partial charge in [-0.3, -0.25) is 9.59 Å². The monoisotopic (exact) mass is 414 g/mol. The number of rotatable bonds is 8. The summed E-state index contributed by atoms with van der Waals surface area (Å²) in [4.78, 5) is 27.3. The predicted molar refractivity (Wildman–Crippen MR) is 108 cm³/mol. The van der Waals surface area contributed by atoms with E-state index in [4.69, 9.17) is 27.9 Å². The van der Waals surface area contributed by atoms with E-state index in [0.29, 0.717) is 23.1 Å². The Bertz CT molecular complexity index is 641. The number of amides is 2.